The molecule has 0 fully saturated rings. The topological polar surface area (TPSA) is 45.8 Å². The molecule has 1 aromatic carbocycles. The maximum atomic E-state index is 11.5. The molecule has 0 aliphatic rings. The third-order valence-electron chi connectivity index (χ3n) is 2.78. The molecule has 1 aromatic heterocycles. The Bertz CT molecular complexity index is 609. The third-order valence-corrected chi connectivity index (χ3v) is 3.55. The summed E-state index contributed by atoms with van der Waals surface area (Å²) in [5.74, 6) is 0.612. The fraction of sp³-hybridized carbons (Fsp3) is 0.286. The Morgan fingerprint density at radius 1 is 1.17 bits per heavy atom. The van der Waals surface area contributed by atoms with E-state index in [1.54, 1.807) is 6.20 Å². The zero-order valence-corrected chi connectivity index (χ0v) is 12.8. The number of hydrogen-bond acceptors (Lipinski definition) is 2. The van der Waals surface area contributed by atoms with Crippen LogP contribution in [0.5, 0.6) is 0 Å². The summed E-state index contributed by atoms with van der Waals surface area (Å²) in [6.45, 7) is 6.52. The Labute approximate surface area is 120 Å². The van der Waals surface area contributed by atoms with Crippen molar-refractivity contribution in [3.05, 3.63) is 49.9 Å². The van der Waals surface area contributed by atoms with E-state index in [0.717, 1.165) is 5.56 Å². The lowest BCUT2D eigenvalue weighted by Gasteiger charge is -2.19. The van der Waals surface area contributed by atoms with Crippen LogP contribution >= 0.6 is 22.6 Å². The number of benzene rings is 1. The molecular formula is C14H15IN2O. The molecule has 94 valence electrons. The van der Waals surface area contributed by atoms with E-state index in [0.29, 0.717) is 9.39 Å². The summed E-state index contributed by atoms with van der Waals surface area (Å²) >= 11 is 1.97. The summed E-state index contributed by atoms with van der Waals surface area (Å²) in [6, 6.07) is 8.14. The summed E-state index contributed by atoms with van der Waals surface area (Å²) in [5.41, 5.74) is 2.22. The first-order valence-corrected chi connectivity index (χ1v) is 6.81. The van der Waals surface area contributed by atoms with E-state index in [2.05, 4.69) is 42.9 Å². The third kappa shape index (κ3) is 2.80. The predicted octanol–water partition coefficient (Wildman–Crippen LogP) is 3.34. The van der Waals surface area contributed by atoms with Crippen molar-refractivity contribution < 1.29 is 0 Å². The standard InChI is InChI=1S/C14H15IN2O/c1-14(2,3)10-6-4-9(5-7-10)12-16-8-11(15)13(18)17-12/h4-8H,1-3H3,(H,16,17,18). The lowest BCUT2D eigenvalue weighted by molar-refractivity contribution is 0.590. The van der Waals surface area contributed by atoms with Crippen LogP contribution in [0.15, 0.2) is 35.3 Å². The minimum atomic E-state index is -0.0968. The zero-order chi connectivity index (χ0) is 13.3. The van der Waals surface area contributed by atoms with Crippen LogP contribution in [-0.4, -0.2) is 9.97 Å². The highest BCUT2D eigenvalue weighted by Gasteiger charge is 2.13. The second-order valence-electron chi connectivity index (χ2n) is 5.24. The van der Waals surface area contributed by atoms with Gasteiger partial charge in [-0.25, -0.2) is 4.98 Å². The highest BCUT2D eigenvalue weighted by atomic mass is 127. The van der Waals surface area contributed by atoms with Crippen LogP contribution < -0.4 is 5.56 Å². The maximum absolute atomic E-state index is 11.5. The Kier molecular flexibility index (Phi) is 3.56. The zero-order valence-electron chi connectivity index (χ0n) is 10.6. The number of nitrogens with zero attached hydrogens (tertiary/aromatic N) is 1. The van der Waals surface area contributed by atoms with Gasteiger partial charge >= 0.3 is 0 Å². The normalized spacial score (nSPS) is 11.6. The Morgan fingerprint density at radius 3 is 2.28 bits per heavy atom. The molecule has 2 aromatic rings. The lowest BCUT2D eigenvalue weighted by atomic mass is 9.87. The Hall–Kier alpha value is -1.17. The number of aromatic amines is 1. The highest BCUT2D eigenvalue weighted by Crippen LogP contribution is 2.24. The average molecular weight is 354 g/mol. The van der Waals surface area contributed by atoms with Gasteiger partial charge in [0.1, 0.15) is 5.82 Å². The number of aromatic nitrogens is 2. The van der Waals surface area contributed by atoms with Gasteiger partial charge < -0.3 is 4.98 Å². The minimum absolute atomic E-state index is 0.0968. The van der Waals surface area contributed by atoms with Crippen molar-refractivity contribution in [3.8, 4) is 11.4 Å². The summed E-state index contributed by atoms with van der Waals surface area (Å²) in [7, 11) is 0. The first-order chi connectivity index (χ1) is 8.38. The van der Waals surface area contributed by atoms with Crippen LogP contribution in [0, 0.1) is 3.57 Å². The summed E-state index contributed by atoms with van der Waals surface area (Å²) < 4.78 is 0.600. The van der Waals surface area contributed by atoms with Gasteiger partial charge in [0.25, 0.3) is 5.56 Å². The van der Waals surface area contributed by atoms with E-state index in [-0.39, 0.29) is 11.0 Å². The Morgan fingerprint density at radius 2 is 1.78 bits per heavy atom. The molecule has 1 N–H and O–H groups in total. The van der Waals surface area contributed by atoms with Crippen molar-refractivity contribution in [2.24, 2.45) is 0 Å². The molecule has 0 saturated carbocycles. The molecule has 1 heterocycles. The average Bonchev–Trinajstić information content (AvgIpc) is 2.32. The van der Waals surface area contributed by atoms with Crippen LogP contribution in [-0.2, 0) is 5.41 Å². The molecule has 0 saturated heterocycles. The molecule has 0 amide bonds. The van der Waals surface area contributed by atoms with Crippen molar-refractivity contribution in [3.63, 3.8) is 0 Å². The summed E-state index contributed by atoms with van der Waals surface area (Å²) in [6.07, 6.45) is 1.59. The monoisotopic (exact) mass is 354 g/mol. The number of rotatable bonds is 1. The van der Waals surface area contributed by atoms with E-state index in [1.807, 2.05) is 34.7 Å². The van der Waals surface area contributed by atoms with Gasteiger partial charge in [-0.15, -0.1) is 0 Å². The van der Waals surface area contributed by atoms with Gasteiger partial charge in [-0.3, -0.25) is 4.79 Å². The van der Waals surface area contributed by atoms with Crippen LogP contribution in [0.25, 0.3) is 11.4 Å². The highest BCUT2D eigenvalue weighted by molar-refractivity contribution is 14.1. The van der Waals surface area contributed by atoms with Gasteiger partial charge in [0, 0.05) is 11.8 Å². The quantitative estimate of drug-likeness (QED) is 0.799. The molecular weight excluding hydrogens is 339 g/mol. The second-order valence-corrected chi connectivity index (χ2v) is 6.40. The van der Waals surface area contributed by atoms with Crippen molar-refractivity contribution in [1.29, 1.82) is 0 Å². The fourth-order valence-electron chi connectivity index (χ4n) is 1.65. The van der Waals surface area contributed by atoms with Gasteiger partial charge in [0.2, 0.25) is 0 Å². The molecule has 0 aliphatic heterocycles. The molecule has 4 heteroatoms. The number of hydrogen-bond donors (Lipinski definition) is 1. The van der Waals surface area contributed by atoms with Crippen molar-refractivity contribution >= 4 is 22.6 Å². The van der Waals surface area contributed by atoms with E-state index in [1.165, 1.54) is 5.56 Å². The smallest absolute Gasteiger partial charge is 0.264 e. The molecule has 3 nitrogen and oxygen atoms in total. The van der Waals surface area contributed by atoms with Gasteiger partial charge in [0.15, 0.2) is 0 Å². The Balaban J connectivity index is 2.40. The van der Waals surface area contributed by atoms with Gasteiger partial charge in [-0.1, -0.05) is 45.0 Å². The van der Waals surface area contributed by atoms with Crippen molar-refractivity contribution in [2.45, 2.75) is 26.2 Å². The van der Waals surface area contributed by atoms with Crippen LogP contribution in [0.3, 0.4) is 0 Å². The van der Waals surface area contributed by atoms with E-state index in [4.69, 9.17) is 0 Å². The molecule has 18 heavy (non-hydrogen) atoms. The largest absolute Gasteiger partial charge is 0.306 e. The van der Waals surface area contributed by atoms with E-state index < -0.39 is 0 Å². The molecule has 0 bridgehead atoms. The van der Waals surface area contributed by atoms with Crippen molar-refractivity contribution in [1.82, 2.24) is 9.97 Å². The van der Waals surface area contributed by atoms with Gasteiger partial charge in [0.05, 0.1) is 3.57 Å². The SMILES string of the molecule is CC(C)(C)c1ccc(-c2ncc(I)c(=O)[nH]2)cc1. The van der Waals surface area contributed by atoms with Gasteiger partial charge in [-0.05, 0) is 33.6 Å². The molecule has 0 aliphatic carbocycles. The maximum Gasteiger partial charge on any atom is 0.264 e. The molecule has 0 radical (unpaired) electrons. The van der Waals surface area contributed by atoms with Crippen molar-refractivity contribution in [2.75, 3.05) is 0 Å². The second kappa shape index (κ2) is 4.84. The minimum Gasteiger partial charge on any atom is -0.306 e. The van der Waals surface area contributed by atoms with E-state index in [9.17, 15) is 4.79 Å². The van der Waals surface area contributed by atoms with E-state index >= 15 is 0 Å². The lowest BCUT2D eigenvalue weighted by Crippen LogP contribution is -2.12. The predicted molar refractivity (Wildman–Crippen MR) is 81.7 cm³/mol. The first kappa shape index (κ1) is 13.3. The van der Waals surface area contributed by atoms with Gasteiger partial charge in [-0.2, -0.15) is 0 Å². The first-order valence-electron chi connectivity index (χ1n) is 5.73. The number of nitrogens with one attached hydrogen (secondary N) is 1. The molecule has 0 unspecified atom stereocenters. The summed E-state index contributed by atoms with van der Waals surface area (Å²) in [5, 5.41) is 0. The number of halogens is 1. The fourth-order valence-corrected chi connectivity index (χ4v) is 1.93. The molecule has 0 spiro atoms. The van der Waals surface area contributed by atoms with Crippen LogP contribution in [0.2, 0.25) is 0 Å². The molecule has 0 atom stereocenters. The summed E-state index contributed by atoms with van der Waals surface area (Å²) in [4.78, 5) is 18.6. The molecule has 2 rings (SSSR count). The van der Waals surface area contributed by atoms with Crippen LogP contribution in [0.4, 0.5) is 0 Å². The van der Waals surface area contributed by atoms with Crippen LogP contribution in [0.1, 0.15) is 26.3 Å². The number of H-pyrrole nitrogens is 1.